The van der Waals surface area contributed by atoms with E-state index in [4.69, 9.17) is 10.4 Å². The van der Waals surface area contributed by atoms with Crippen LogP contribution in [0.2, 0.25) is 0 Å². The summed E-state index contributed by atoms with van der Waals surface area (Å²) in [5.41, 5.74) is 2.09. The van der Waals surface area contributed by atoms with Crippen LogP contribution in [0.4, 0.5) is 0 Å². The lowest BCUT2D eigenvalue weighted by Gasteiger charge is -2.17. The Morgan fingerprint density at radius 2 is 2.21 bits per heavy atom. The first-order valence-electron chi connectivity index (χ1n) is 6.06. The van der Waals surface area contributed by atoms with Crippen molar-refractivity contribution in [1.82, 2.24) is 20.8 Å². The van der Waals surface area contributed by atoms with Gasteiger partial charge < -0.3 is 9.84 Å². The molecule has 8 heteroatoms. The predicted octanol–water partition coefficient (Wildman–Crippen LogP) is -0.764. The average Bonchev–Trinajstić information content (AvgIpc) is 2.85. The molecule has 0 aliphatic carbocycles. The van der Waals surface area contributed by atoms with Crippen LogP contribution >= 0.6 is 0 Å². The molecule has 1 aromatic heterocycles. The summed E-state index contributed by atoms with van der Waals surface area (Å²) in [6.07, 6.45) is 0. The third kappa shape index (κ3) is 4.68. The lowest BCUT2D eigenvalue weighted by molar-refractivity contribution is -0.122. The van der Waals surface area contributed by atoms with E-state index in [1.165, 1.54) is 6.07 Å². The van der Waals surface area contributed by atoms with Crippen LogP contribution in [0, 0.1) is 0 Å². The molecule has 0 saturated heterocycles. The Balaban J connectivity index is 2.58. The summed E-state index contributed by atoms with van der Waals surface area (Å²) in [4.78, 5) is 24.6. The summed E-state index contributed by atoms with van der Waals surface area (Å²) in [7, 11) is 0. The van der Waals surface area contributed by atoms with Crippen molar-refractivity contribution in [2.45, 2.75) is 20.4 Å². The highest BCUT2D eigenvalue weighted by molar-refractivity contribution is 5.91. The van der Waals surface area contributed by atoms with Crippen LogP contribution in [0.5, 0.6) is 0 Å². The fourth-order valence-corrected chi connectivity index (χ4v) is 1.52. The smallest absolute Gasteiger partial charge is 0.287 e. The molecule has 0 radical (unpaired) electrons. The number of hydrazine groups is 1. The molecule has 0 bridgehead atoms. The normalized spacial score (nSPS) is 10.5. The van der Waals surface area contributed by atoms with E-state index in [9.17, 15) is 9.59 Å². The highest BCUT2D eigenvalue weighted by atomic mass is 16.5. The Bertz CT molecular complexity index is 432. The van der Waals surface area contributed by atoms with Crippen molar-refractivity contribution < 1.29 is 14.1 Å². The van der Waals surface area contributed by atoms with Gasteiger partial charge in [-0.15, -0.1) is 0 Å². The van der Waals surface area contributed by atoms with Crippen molar-refractivity contribution in [1.29, 1.82) is 0 Å². The Morgan fingerprint density at radius 1 is 1.47 bits per heavy atom. The zero-order chi connectivity index (χ0) is 14.3. The molecule has 0 atom stereocenters. The van der Waals surface area contributed by atoms with Gasteiger partial charge in [0, 0.05) is 12.6 Å². The van der Waals surface area contributed by atoms with Crippen LogP contribution in [0.15, 0.2) is 10.6 Å². The van der Waals surface area contributed by atoms with E-state index >= 15 is 0 Å². The van der Waals surface area contributed by atoms with Crippen LogP contribution in [0.3, 0.4) is 0 Å². The maximum atomic E-state index is 11.5. The van der Waals surface area contributed by atoms with E-state index in [0.717, 1.165) is 0 Å². The zero-order valence-electron chi connectivity index (χ0n) is 11.1. The standard InChI is InChI=1S/C11H19N5O3/c1-3-13-10(17)7-16(4-2)6-8-5-9(15-19-8)11(18)14-12/h5H,3-4,6-7,12H2,1-2H3,(H,13,17)(H,14,18). The number of carbonyl (C=O) groups excluding carboxylic acids is 2. The number of nitrogens with two attached hydrogens (primary N) is 1. The van der Waals surface area contributed by atoms with Crippen LogP contribution in [0.25, 0.3) is 0 Å². The van der Waals surface area contributed by atoms with E-state index in [-0.39, 0.29) is 18.1 Å². The van der Waals surface area contributed by atoms with Gasteiger partial charge in [-0.05, 0) is 13.5 Å². The van der Waals surface area contributed by atoms with E-state index in [2.05, 4.69) is 10.5 Å². The first kappa shape index (κ1) is 15.1. The summed E-state index contributed by atoms with van der Waals surface area (Å²) in [5, 5.41) is 6.32. The molecular weight excluding hydrogens is 250 g/mol. The lowest BCUT2D eigenvalue weighted by atomic mass is 10.3. The monoisotopic (exact) mass is 269 g/mol. The maximum Gasteiger partial charge on any atom is 0.287 e. The second kappa shape index (κ2) is 7.49. The van der Waals surface area contributed by atoms with Gasteiger partial charge in [0.2, 0.25) is 5.91 Å². The molecule has 19 heavy (non-hydrogen) atoms. The highest BCUT2D eigenvalue weighted by Crippen LogP contribution is 2.07. The third-order valence-corrected chi connectivity index (χ3v) is 2.49. The summed E-state index contributed by atoms with van der Waals surface area (Å²) in [5.74, 6) is 4.94. The number of aromatic nitrogens is 1. The molecule has 0 aromatic carbocycles. The Morgan fingerprint density at radius 3 is 2.79 bits per heavy atom. The minimum absolute atomic E-state index is 0.0520. The van der Waals surface area contributed by atoms with Crippen LogP contribution in [0.1, 0.15) is 30.1 Å². The van der Waals surface area contributed by atoms with Gasteiger partial charge in [0.1, 0.15) is 0 Å². The molecule has 4 N–H and O–H groups in total. The highest BCUT2D eigenvalue weighted by Gasteiger charge is 2.15. The van der Waals surface area contributed by atoms with E-state index < -0.39 is 5.91 Å². The number of nitrogen functional groups attached to an aromatic ring is 1. The fraction of sp³-hybridized carbons (Fsp3) is 0.545. The van der Waals surface area contributed by atoms with Gasteiger partial charge in [0.05, 0.1) is 13.1 Å². The molecule has 106 valence electrons. The van der Waals surface area contributed by atoms with Gasteiger partial charge in [-0.3, -0.25) is 19.9 Å². The van der Waals surface area contributed by atoms with Crippen LogP contribution < -0.4 is 16.6 Å². The molecule has 1 rings (SSSR count). The molecule has 0 aliphatic rings. The summed E-state index contributed by atoms with van der Waals surface area (Å²) < 4.78 is 5.02. The number of carbonyl (C=O) groups is 2. The first-order valence-corrected chi connectivity index (χ1v) is 6.06. The SMILES string of the molecule is CCNC(=O)CN(CC)Cc1cc(C(=O)NN)no1. The van der Waals surface area contributed by atoms with Crippen molar-refractivity contribution in [3.63, 3.8) is 0 Å². The van der Waals surface area contributed by atoms with E-state index in [1.807, 2.05) is 24.2 Å². The third-order valence-electron chi connectivity index (χ3n) is 2.49. The summed E-state index contributed by atoms with van der Waals surface area (Å²) in [6, 6.07) is 1.50. The number of likely N-dealkylation sites (N-methyl/N-ethyl adjacent to an activating group) is 2. The minimum Gasteiger partial charge on any atom is -0.359 e. The molecule has 0 spiro atoms. The van der Waals surface area contributed by atoms with E-state index in [1.54, 1.807) is 0 Å². The topological polar surface area (TPSA) is 113 Å². The largest absolute Gasteiger partial charge is 0.359 e. The number of hydrogen-bond acceptors (Lipinski definition) is 6. The van der Waals surface area contributed by atoms with Gasteiger partial charge in [-0.2, -0.15) is 0 Å². The minimum atomic E-state index is -0.512. The second-order valence-electron chi connectivity index (χ2n) is 3.91. The number of nitrogens with one attached hydrogen (secondary N) is 2. The van der Waals surface area contributed by atoms with Crippen molar-refractivity contribution in [2.24, 2.45) is 5.84 Å². The molecule has 8 nitrogen and oxygen atoms in total. The zero-order valence-corrected chi connectivity index (χ0v) is 11.1. The number of rotatable bonds is 7. The van der Waals surface area contributed by atoms with Crippen LogP contribution in [-0.4, -0.2) is 41.5 Å². The molecule has 0 aliphatic heterocycles. The van der Waals surface area contributed by atoms with Crippen molar-refractivity contribution >= 4 is 11.8 Å². The molecule has 0 saturated carbocycles. The molecule has 0 unspecified atom stereocenters. The Hall–Kier alpha value is -1.93. The molecule has 1 heterocycles. The van der Waals surface area contributed by atoms with Crippen molar-refractivity contribution in [2.75, 3.05) is 19.6 Å². The second-order valence-corrected chi connectivity index (χ2v) is 3.91. The predicted molar refractivity (Wildman–Crippen MR) is 67.8 cm³/mol. The molecule has 0 fully saturated rings. The fourth-order valence-electron chi connectivity index (χ4n) is 1.52. The van der Waals surface area contributed by atoms with Gasteiger partial charge in [0.15, 0.2) is 11.5 Å². The average molecular weight is 269 g/mol. The summed E-state index contributed by atoms with van der Waals surface area (Å²) >= 11 is 0. The van der Waals surface area contributed by atoms with E-state index in [0.29, 0.717) is 25.4 Å². The number of hydrogen-bond donors (Lipinski definition) is 3. The Labute approximate surface area is 111 Å². The number of amides is 2. The van der Waals surface area contributed by atoms with Crippen molar-refractivity contribution in [3.8, 4) is 0 Å². The number of nitrogens with zero attached hydrogens (tertiary/aromatic N) is 2. The van der Waals surface area contributed by atoms with Gasteiger partial charge in [-0.25, -0.2) is 5.84 Å². The molecular formula is C11H19N5O3. The van der Waals surface area contributed by atoms with Gasteiger partial charge in [-0.1, -0.05) is 12.1 Å². The quantitative estimate of drug-likeness (QED) is 0.340. The first-order chi connectivity index (χ1) is 9.10. The van der Waals surface area contributed by atoms with Crippen molar-refractivity contribution in [3.05, 3.63) is 17.5 Å². The van der Waals surface area contributed by atoms with Crippen LogP contribution in [-0.2, 0) is 11.3 Å². The van der Waals surface area contributed by atoms with Gasteiger partial charge >= 0.3 is 0 Å². The molecule has 2 amide bonds. The maximum absolute atomic E-state index is 11.5. The summed E-state index contributed by atoms with van der Waals surface area (Å²) in [6.45, 7) is 5.74. The van der Waals surface area contributed by atoms with Gasteiger partial charge in [0.25, 0.3) is 5.91 Å². The Kier molecular flexibility index (Phi) is 5.97. The lowest BCUT2D eigenvalue weighted by Crippen LogP contribution is -2.36. The molecule has 1 aromatic rings.